The van der Waals surface area contributed by atoms with E-state index in [1.54, 1.807) is 0 Å². The van der Waals surface area contributed by atoms with Crippen LogP contribution >= 0.6 is 0 Å². The highest BCUT2D eigenvalue weighted by molar-refractivity contribution is 5.72. The van der Waals surface area contributed by atoms with Gasteiger partial charge in [-0.2, -0.15) is 0 Å². The number of aromatic nitrogens is 1. The van der Waals surface area contributed by atoms with Crippen LogP contribution in [0.2, 0.25) is 0 Å². The number of benzene rings is 1. The zero-order valence-electron chi connectivity index (χ0n) is 11.1. The third-order valence-corrected chi connectivity index (χ3v) is 2.93. The number of pyridine rings is 1. The van der Waals surface area contributed by atoms with Crippen molar-refractivity contribution in [2.75, 3.05) is 0 Å². The Kier molecular flexibility index (Phi) is 3.93. The standard InChI is InChI=1S/C17H19N/c1-4-15-7-5-6-8-16(15)17-10-9-14(12-18-17)11-13(2)3/h4-10,12-13H,1,11H2,2-3H3. The SMILES string of the molecule is C=Cc1ccccc1-c1ccc(CC(C)C)cn1. The third kappa shape index (κ3) is 2.86. The van der Waals surface area contributed by atoms with Crippen LogP contribution in [0.3, 0.4) is 0 Å². The van der Waals surface area contributed by atoms with Crippen LogP contribution in [0.15, 0.2) is 49.2 Å². The maximum absolute atomic E-state index is 4.56. The molecule has 0 radical (unpaired) electrons. The molecule has 0 saturated heterocycles. The van der Waals surface area contributed by atoms with Gasteiger partial charge in [0, 0.05) is 11.8 Å². The van der Waals surface area contributed by atoms with Crippen LogP contribution in [0.25, 0.3) is 17.3 Å². The summed E-state index contributed by atoms with van der Waals surface area (Å²) < 4.78 is 0. The fourth-order valence-electron chi connectivity index (χ4n) is 2.08. The lowest BCUT2D eigenvalue weighted by Crippen LogP contribution is -1.95. The Morgan fingerprint density at radius 3 is 2.56 bits per heavy atom. The van der Waals surface area contributed by atoms with Gasteiger partial charge in [-0.3, -0.25) is 4.98 Å². The second kappa shape index (κ2) is 5.63. The summed E-state index contributed by atoms with van der Waals surface area (Å²) in [4.78, 5) is 4.56. The highest BCUT2D eigenvalue weighted by atomic mass is 14.7. The summed E-state index contributed by atoms with van der Waals surface area (Å²) in [6.45, 7) is 8.29. The van der Waals surface area contributed by atoms with Gasteiger partial charge in [0.15, 0.2) is 0 Å². The largest absolute Gasteiger partial charge is 0.256 e. The summed E-state index contributed by atoms with van der Waals surface area (Å²) >= 11 is 0. The molecule has 0 aliphatic heterocycles. The van der Waals surface area contributed by atoms with Crippen LogP contribution in [-0.2, 0) is 6.42 Å². The van der Waals surface area contributed by atoms with Gasteiger partial charge in [0.1, 0.15) is 0 Å². The van der Waals surface area contributed by atoms with Gasteiger partial charge in [-0.1, -0.05) is 56.8 Å². The molecule has 1 heteroatoms. The monoisotopic (exact) mass is 237 g/mol. The minimum absolute atomic E-state index is 0.665. The van der Waals surface area contributed by atoms with Crippen LogP contribution in [-0.4, -0.2) is 4.98 Å². The smallest absolute Gasteiger partial charge is 0.0708 e. The van der Waals surface area contributed by atoms with Crippen molar-refractivity contribution in [3.63, 3.8) is 0 Å². The first-order valence-corrected chi connectivity index (χ1v) is 6.37. The summed E-state index contributed by atoms with van der Waals surface area (Å²) in [7, 11) is 0. The molecule has 0 N–H and O–H groups in total. The molecule has 92 valence electrons. The van der Waals surface area contributed by atoms with E-state index in [0.717, 1.165) is 23.2 Å². The van der Waals surface area contributed by atoms with E-state index >= 15 is 0 Å². The lowest BCUT2D eigenvalue weighted by Gasteiger charge is -2.08. The molecule has 1 nitrogen and oxygen atoms in total. The first kappa shape index (κ1) is 12.6. The summed E-state index contributed by atoms with van der Waals surface area (Å²) in [5.74, 6) is 0.665. The van der Waals surface area contributed by atoms with Crippen molar-refractivity contribution in [3.8, 4) is 11.3 Å². The van der Waals surface area contributed by atoms with Crippen LogP contribution in [0.4, 0.5) is 0 Å². The average Bonchev–Trinajstić information content (AvgIpc) is 2.39. The minimum atomic E-state index is 0.665. The second-order valence-corrected chi connectivity index (χ2v) is 4.94. The molecule has 0 bridgehead atoms. The number of nitrogens with zero attached hydrogens (tertiary/aromatic N) is 1. The van der Waals surface area contributed by atoms with Crippen LogP contribution in [0, 0.1) is 5.92 Å². The molecule has 0 unspecified atom stereocenters. The first-order valence-electron chi connectivity index (χ1n) is 6.37. The predicted octanol–water partition coefficient (Wildman–Crippen LogP) is 4.59. The van der Waals surface area contributed by atoms with Crippen molar-refractivity contribution in [2.24, 2.45) is 5.92 Å². The van der Waals surface area contributed by atoms with Gasteiger partial charge in [0.25, 0.3) is 0 Å². The van der Waals surface area contributed by atoms with Gasteiger partial charge in [-0.15, -0.1) is 0 Å². The molecule has 0 aliphatic carbocycles. The summed E-state index contributed by atoms with van der Waals surface area (Å²) in [5.41, 5.74) is 4.58. The predicted molar refractivity (Wildman–Crippen MR) is 78.3 cm³/mol. The summed E-state index contributed by atoms with van der Waals surface area (Å²) in [6.07, 6.45) is 4.94. The van der Waals surface area contributed by atoms with Crippen molar-refractivity contribution in [2.45, 2.75) is 20.3 Å². The molecular formula is C17H19N. The van der Waals surface area contributed by atoms with E-state index in [1.807, 2.05) is 24.4 Å². The molecule has 1 aromatic carbocycles. The van der Waals surface area contributed by atoms with Gasteiger partial charge in [0.2, 0.25) is 0 Å². The van der Waals surface area contributed by atoms with E-state index in [2.05, 4.69) is 49.7 Å². The van der Waals surface area contributed by atoms with E-state index in [1.165, 1.54) is 5.56 Å². The Balaban J connectivity index is 2.31. The number of hydrogen-bond donors (Lipinski definition) is 0. The van der Waals surface area contributed by atoms with E-state index in [4.69, 9.17) is 0 Å². The Hall–Kier alpha value is -1.89. The molecule has 0 spiro atoms. The van der Waals surface area contributed by atoms with Crippen molar-refractivity contribution in [1.29, 1.82) is 0 Å². The van der Waals surface area contributed by atoms with Crippen molar-refractivity contribution in [3.05, 3.63) is 60.3 Å². The quantitative estimate of drug-likeness (QED) is 0.758. The Morgan fingerprint density at radius 1 is 1.17 bits per heavy atom. The van der Waals surface area contributed by atoms with Crippen LogP contribution in [0.1, 0.15) is 25.0 Å². The molecule has 0 atom stereocenters. The fourth-order valence-corrected chi connectivity index (χ4v) is 2.08. The molecule has 0 amide bonds. The van der Waals surface area contributed by atoms with Gasteiger partial charge < -0.3 is 0 Å². The van der Waals surface area contributed by atoms with Crippen LogP contribution < -0.4 is 0 Å². The molecule has 1 heterocycles. The molecule has 18 heavy (non-hydrogen) atoms. The zero-order valence-corrected chi connectivity index (χ0v) is 11.1. The number of hydrogen-bond acceptors (Lipinski definition) is 1. The average molecular weight is 237 g/mol. The molecule has 2 rings (SSSR count). The highest BCUT2D eigenvalue weighted by Crippen LogP contribution is 2.23. The normalized spacial score (nSPS) is 10.6. The summed E-state index contributed by atoms with van der Waals surface area (Å²) in [5, 5.41) is 0. The van der Waals surface area contributed by atoms with Gasteiger partial charge in [-0.25, -0.2) is 0 Å². The van der Waals surface area contributed by atoms with E-state index in [9.17, 15) is 0 Å². The third-order valence-electron chi connectivity index (χ3n) is 2.93. The van der Waals surface area contributed by atoms with Crippen molar-refractivity contribution < 1.29 is 0 Å². The van der Waals surface area contributed by atoms with Crippen molar-refractivity contribution >= 4 is 6.08 Å². The van der Waals surface area contributed by atoms with E-state index in [0.29, 0.717) is 5.92 Å². The highest BCUT2D eigenvalue weighted by Gasteiger charge is 2.04. The zero-order chi connectivity index (χ0) is 13.0. The molecule has 0 saturated carbocycles. The van der Waals surface area contributed by atoms with Crippen molar-refractivity contribution in [1.82, 2.24) is 4.98 Å². The first-order chi connectivity index (χ1) is 8.70. The minimum Gasteiger partial charge on any atom is -0.256 e. The van der Waals surface area contributed by atoms with E-state index < -0.39 is 0 Å². The summed E-state index contributed by atoms with van der Waals surface area (Å²) in [6, 6.07) is 12.5. The van der Waals surface area contributed by atoms with Gasteiger partial charge >= 0.3 is 0 Å². The maximum atomic E-state index is 4.56. The lowest BCUT2D eigenvalue weighted by molar-refractivity contribution is 0.646. The van der Waals surface area contributed by atoms with E-state index in [-0.39, 0.29) is 0 Å². The van der Waals surface area contributed by atoms with Gasteiger partial charge in [0.05, 0.1) is 5.69 Å². The fraction of sp³-hybridized carbons (Fsp3) is 0.235. The number of rotatable bonds is 4. The molecular weight excluding hydrogens is 218 g/mol. The second-order valence-electron chi connectivity index (χ2n) is 4.94. The Bertz CT molecular complexity index is 524. The molecule has 2 aromatic rings. The van der Waals surface area contributed by atoms with Crippen LogP contribution in [0.5, 0.6) is 0 Å². The molecule has 1 aromatic heterocycles. The lowest BCUT2D eigenvalue weighted by atomic mass is 10.0. The Labute approximate surface area is 109 Å². The topological polar surface area (TPSA) is 12.9 Å². The molecule has 0 aliphatic rings. The van der Waals surface area contributed by atoms with Gasteiger partial charge in [-0.05, 0) is 29.5 Å². The maximum Gasteiger partial charge on any atom is 0.0708 e. The Morgan fingerprint density at radius 2 is 1.94 bits per heavy atom. The molecule has 0 fully saturated rings.